The number of rotatable bonds is 5. The molecule has 150 valence electrons. The van der Waals surface area contributed by atoms with Crippen LogP contribution < -0.4 is 11.1 Å². The van der Waals surface area contributed by atoms with Crippen molar-refractivity contribution < 1.29 is 14.0 Å². The highest BCUT2D eigenvalue weighted by Crippen LogP contribution is 2.27. The third kappa shape index (κ3) is 3.89. The van der Waals surface area contributed by atoms with E-state index in [0.717, 1.165) is 50.0 Å². The number of likely N-dealkylation sites (tertiary alicyclic amines) is 1. The summed E-state index contributed by atoms with van der Waals surface area (Å²) < 4.78 is 15.2. The third-order valence-corrected chi connectivity index (χ3v) is 5.05. The molecule has 2 amide bonds. The number of nitrogens with one attached hydrogen (secondary N) is 1. The van der Waals surface area contributed by atoms with Crippen molar-refractivity contribution in [2.24, 2.45) is 5.73 Å². The average molecular weight is 396 g/mol. The second kappa shape index (κ2) is 7.86. The van der Waals surface area contributed by atoms with Crippen LogP contribution in [-0.2, 0) is 11.3 Å². The Bertz CT molecular complexity index is 1070. The molecule has 3 aromatic heterocycles. The van der Waals surface area contributed by atoms with E-state index in [4.69, 9.17) is 5.73 Å². The molecule has 0 atom stereocenters. The van der Waals surface area contributed by atoms with Crippen LogP contribution in [-0.4, -0.2) is 44.3 Å². The molecule has 0 radical (unpaired) electrons. The van der Waals surface area contributed by atoms with Crippen LogP contribution in [0.2, 0.25) is 0 Å². The summed E-state index contributed by atoms with van der Waals surface area (Å²) >= 11 is 0. The first-order valence-electron chi connectivity index (χ1n) is 9.47. The lowest BCUT2D eigenvalue weighted by atomic mass is 10.1. The molecule has 8 nitrogen and oxygen atoms in total. The van der Waals surface area contributed by atoms with Crippen molar-refractivity contribution in [3.63, 3.8) is 0 Å². The standard InChI is InChI=1S/C20H21FN6O2/c21-13-10-15(18(22)29)19(24-11-13)25-16-4-6-23-20-14(16)5-9-27(20)12-17(28)26-7-2-1-3-8-26/h4-6,9-11H,1-3,7-8,12H2,(H2,22,29)(H,23,24,25). The van der Waals surface area contributed by atoms with Gasteiger partial charge in [-0.15, -0.1) is 0 Å². The first kappa shape index (κ1) is 18.9. The first-order chi connectivity index (χ1) is 14.0. The second-order valence-corrected chi connectivity index (χ2v) is 7.02. The monoisotopic (exact) mass is 396 g/mol. The number of nitrogens with zero attached hydrogens (tertiary/aromatic N) is 4. The van der Waals surface area contributed by atoms with Gasteiger partial charge >= 0.3 is 0 Å². The van der Waals surface area contributed by atoms with Crippen molar-refractivity contribution in [1.82, 2.24) is 19.4 Å². The number of aromatic nitrogens is 3. The third-order valence-electron chi connectivity index (χ3n) is 5.05. The Kier molecular flexibility index (Phi) is 5.11. The van der Waals surface area contributed by atoms with Crippen LogP contribution in [0.1, 0.15) is 29.6 Å². The minimum Gasteiger partial charge on any atom is -0.365 e. The van der Waals surface area contributed by atoms with Gasteiger partial charge in [-0.05, 0) is 37.5 Å². The number of nitrogens with two attached hydrogens (primary N) is 1. The van der Waals surface area contributed by atoms with E-state index in [9.17, 15) is 14.0 Å². The highest BCUT2D eigenvalue weighted by Gasteiger charge is 2.19. The van der Waals surface area contributed by atoms with Crippen LogP contribution >= 0.6 is 0 Å². The fourth-order valence-corrected chi connectivity index (χ4v) is 3.57. The molecule has 0 spiro atoms. The quantitative estimate of drug-likeness (QED) is 0.689. The number of piperidine rings is 1. The van der Waals surface area contributed by atoms with E-state index < -0.39 is 11.7 Å². The molecule has 0 aliphatic carbocycles. The number of pyridine rings is 2. The van der Waals surface area contributed by atoms with Crippen molar-refractivity contribution in [3.8, 4) is 0 Å². The summed E-state index contributed by atoms with van der Waals surface area (Å²) in [6.45, 7) is 1.80. The van der Waals surface area contributed by atoms with E-state index in [2.05, 4.69) is 15.3 Å². The zero-order chi connectivity index (χ0) is 20.4. The number of carbonyl (C=O) groups excluding carboxylic acids is 2. The van der Waals surface area contributed by atoms with Gasteiger partial charge in [0, 0.05) is 30.9 Å². The summed E-state index contributed by atoms with van der Waals surface area (Å²) in [7, 11) is 0. The number of primary amides is 1. The van der Waals surface area contributed by atoms with E-state index in [1.54, 1.807) is 23.0 Å². The van der Waals surface area contributed by atoms with Crippen LogP contribution in [0.4, 0.5) is 15.9 Å². The van der Waals surface area contributed by atoms with Crippen molar-refractivity contribution >= 4 is 34.4 Å². The molecule has 29 heavy (non-hydrogen) atoms. The Morgan fingerprint density at radius 1 is 1.17 bits per heavy atom. The first-order valence-corrected chi connectivity index (χ1v) is 9.47. The highest BCUT2D eigenvalue weighted by atomic mass is 19.1. The van der Waals surface area contributed by atoms with Gasteiger partial charge in [-0.2, -0.15) is 0 Å². The van der Waals surface area contributed by atoms with Crippen LogP contribution in [0, 0.1) is 5.82 Å². The van der Waals surface area contributed by atoms with Gasteiger partial charge in [0.2, 0.25) is 5.91 Å². The number of anilines is 2. The van der Waals surface area contributed by atoms with Crippen LogP contribution in [0.15, 0.2) is 36.8 Å². The summed E-state index contributed by atoms with van der Waals surface area (Å²) in [5.74, 6) is -1.21. The minimum absolute atomic E-state index is 0.0466. The lowest BCUT2D eigenvalue weighted by molar-refractivity contribution is -0.132. The van der Waals surface area contributed by atoms with Crippen molar-refractivity contribution in [2.75, 3.05) is 18.4 Å². The molecule has 0 unspecified atom stereocenters. The molecular formula is C20H21FN6O2. The molecule has 4 rings (SSSR count). The lowest BCUT2D eigenvalue weighted by Gasteiger charge is -2.26. The molecule has 3 aromatic rings. The fraction of sp³-hybridized carbons (Fsp3) is 0.300. The Hall–Kier alpha value is -3.49. The van der Waals surface area contributed by atoms with Gasteiger partial charge in [0.1, 0.15) is 23.8 Å². The predicted octanol–water partition coefficient (Wildman–Crippen LogP) is 2.43. The van der Waals surface area contributed by atoms with E-state index in [1.165, 1.54) is 0 Å². The van der Waals surface area contributed by atoms with Crippen molar-refractivity contribution in [1.29, 1.82) is 0 Å². The molecule has 0 aromatic carbocycles. The van der Waals surface area contributed by atoms with Gasteiger partial charge in [-0.1, -0.05) is 0 Å². The van der Waals surface area contributed by atoms with Crippen LogP contribution in [0.25, 0.3) is 11.0 Å². The molecule has 1 fully saturated rings. The van der Waals surface area contributed by atoms with Crippen LogP contribution in [0.5, 0.6) is 0 Å². The smallest absolute Gasteiger partial charge is 0.252 e. The molecule has 1 saturated heterocycles. The second-order valence-electron chi connectivity index (χ2n) is 7.02. The Morgan fingerprint density at radius 3 is 2.72 bits per heavy atom. The highest BCUT2D eigenvalue weighted by molar-refractivity contribution is 6.00. The number of hydrogen-bond donors (Lipinski definition) is 2. The topological polar surface area (TPSA) is 106 Å². The van der Waals surface area contributed by atoms with E-state index in [-0.39, 0.29) is 23.8 Å². The van der Waals surface area contributed by atoms with E-state index in [1.807, 2.05) is 11.0 Å². The van der Waals surface area contributed by atoms with E-state index >= 15 is 0 Å². The molecular weight excluding hydrogens is 375 g/mol. The molecule has 3 N–H and O–H groups in total. The summed E-state index contributed by atoms with van der Waals surface area (Å²) in [6, 6.07) is 4.59. The Morgan fingerprint density at radius 2 is 1.97 bits per heavy atom. The summed E-state index contributed by atoms with van der Waals surface area (Å²) in [5.41, 5.74) is 6.54. The lowest BCUT2D eigenvalue weighted by Crippen LogP contribution is -2.37. The normalized spacial score (nSPS) is 14.2. The van der Waals surface area contributed by atoms with Gasteiger partial charge < -0.3 is 20.5 Å². The zero-order valence-corrected chi connectivity index (χ0v) is 15.8. The number of carbonyl (C=O) groups is 2. The van der Waals surface area contributed by atoms with Crippen molar-refractivity contribution in [3.05, 3.63) is 48.2 Å². The number of amides is 2. The van der Waals surface area contributed by atoms with E-state index in [0.29, 0.717) is 11.3 Å². The SMILES string of the molecule is NC(=O)c1cc(F)cnc1Nc1ccnc2c1ccn2CC(=O)N1CCCCC1. The van der Waals surface area contributed by atoms with Gasteiger partial charge in [0.05, 0.1) is 17.4 Å². The average Bonchev–Trinajstić information content (AvgIpc) is 3.13. The summed E-state index contributed by atoms with van der Waals surface area (Å²) in [5, 5.41) is 3.78. The van der Waals surface area contributed by atoms with Gasteiger partial charge in [0.25, 0.3) is 5.91 Å². The Labute approximate surface area is 166 Å². The maximum absolute atomic E-state index is 13.4. The molecule has 9 heteroatoms. The summed E-state index contributed by atoms with van der Waals surface area (Å²) in [4.78, 5) is 34.4. The van der Waals surface area contributed by atoms with Crippen molar-refractivity contribution in [2.45, 2.75) is 25.8 Å². The minimum atomic E-state index is -0.783. The summed E-state index contributed by atoms with van der Waals surface area (Å²) in [6.07, 6.45) is 7.65. The zero-order valence-electron chi connectivity index (χ0n) is 15.8. The molecule has 4 heterocycles. The van der Waals surface area contributed by atoms with Gasteiger partial charge in [0.15, 0.2) is 0 Å². The number of fused-ring (bicyclic) bond motifs is 1. The van der Waals surface area contributed by atoms with Crippen LogP contribution in [0.3, 0.4) is 0 Å². The molecule has 0 saturated carbocycles. The maximum Gasteiger partial charge on any atom is 0.252 e. The Balaban J connectivity index is 1.61. The molecule has 1 aliphatic heterocycles. The largest absolute Gasteiger partial charge is 0.365 e. The molecule has 0 bridgehead atoms. The maximum atomic E-state index is 13.4. The predicted molar refractivity (Wildman–Crippen MR) is 106 cm³/mol. The fourth-order valence-electron chi connectivity index (χ4n) is 3.57. The van der Waals surface area contributed by atoms with Gasteiger partial charge in [-0.25, -0.2) is 14.4 Å². The number of hydrogen-bond acceptors (Lipinski definition) is 5. The molecule has 1 aliphatic rings. The number of halogens is 1. The van der Waals surface area contributed by atoms with Gasteiger partial charge in [-0.3, -0.25) is 9.59 Å².